The smallest absolute Gasteiger partial charge is 0.258 e. The number of para-hydroxylation sites is 1. The summed E-state index contributed by atoms with van der Waals surface area (Å²) < 4.78 is 37.5. The van der Waals surface area contributed by atoms with Gasteiger partial charge in [-0.25, -0.2) is 13.1 Å². The Morgan fingerprint density at radius 2 is 1.68 bits per heavy atom. The number of hydrogen-bond acceptors (Lipinski definition) is 5. The molecule has 0 aromatic heterocycles. The second-order valence-corrected chi connectivity index (χ2v) is 8.28. The van der Waals surface area contributed by atoms with Crippen molar-refractivity contribution in [3.8, 4) is 11.5 Å². The predicted molar refractivity (Wildman–Crippen MR) is 107 cm³/mol. The molecular formula is C20H26N2O5S. The van der Waals surface area contributed by atoms with Crippen LogP contribution >= 0.6 is 0 Å². The van der Waals surface area contributed by atoms with E-state index in [1.165, 1.54) is 24.3 Å². The van der Waals surface area contributed by atoms with Crippen LogP contribution in [0.25, 0.3) is 0 Å². The van der Waals surface area contributed by atoms with Crippen molar-refractivity contribution in [1.29, 1.82) is 0 Å². The van der Waals surface area contributed by atoms with Crippen LogP contribution in [0.4, 0.5) is 0 Å². The maximum Gasteiger partial charge on any atom is 0.258 e. The minimum absolute atomic E-state index is 0.141. The Hall–Kier alpha value is -2.58. The van der Waals surface area contributed by atoms with Crippen molar-refractivity contribution in [2.45, 2.75) is 37.8 Å². The Bertz CT molecular complexity index is 895. The van der Waals surface area contributed by atoms with Crippen LogP contribution < -0.4 is 19.5 Å². The normalized spacial score (nSPS) is 12.5. The molecule has 0 saturated carbocycles. The van der Waals surface area contributed by atoms with E-state index in [1.807, 2.05) is 31.2 Å². The van der Waals surface area contributed by atoms with Gasteiger partial charge in [-0.15, -0.1) is 0 Å². The van der Waals surface area contributed by atoms with Gasteiger partial charge in [-0.05, 0) is 51.1 Å². The van der Waals surface area contributed by atoms with Crippen molar-refractivity contribution < 1.29 is 22.7 Å². The lowest BCUT2D eigenvalue weighted by molar-refractivity contribution is -0.123. The highest BCUT2D eigenvalue weighted by Gasteiger charge is 2.16. The average Bonchev–Trinajstić information content (AvgIpc) is 2.65. The molecule has 152 valence electrons. The molecule has 28 heavy (non-hydrogen) atoms. The molecule has 2 N–H and O–H groups in total. The second-order valence-electron chi connectivity index (χ2n) is 6.57. The summed E-state index contributed by atoms with van der Waals surface area (Å²) in [6.45, 7) is 5.17. The molecule has 0 aliphatic rings. The van der Waals surface area contributed by atoms with E-state index in [4.69, 9.17) is 9.47 Å². The van der Waals surface area contributed by atoms with Gasteiger partial charge in [0, 0.05) is 11.6 Å². The molecule has 0 fully saturated rings. The molecule has 0 aliphatic heterocycles. The third kappa shape index (κ3) is 5.97. The van der Waals surface area contributed by atoms with Crippen molar-refractivity contribution in [1.82, 2.24) is 10.0 Å². The number of carbonyl (C=O) groups excluding carboxylic acids is 1. The number of hydrogen-bond donors (Lipinski definition) is 2. The fraction of sp³-hybridized carbons (Fsp3) is 0.350. The number of sulfonamides is 1. The van der Waals surface area contributed by atoms with Gasteiger partial charge in [0.15, 0.2) is 6.61 Å². The Morgan fingerprint density at radius 3 is 2.29 bits per heavy atom. The van der Waals surface area contributed by atoms with Crippen LogP contribution in [0.2, 0.25) is 0 Å². The van der Waals surface area contributed by atoms with Crippen LogP contribution in [0.15, 0.2) is 53.4 Å². The molecular weight excluding hydrogens is 380 g/mol. The van der Waals surface area contributed by atoms with E-state index in [1.54, 1.807) is 21.0 Å². The van der Waals surface area contributed by atoms with E-state index in [0.717, 1.165) is 5.56 Å². The van der Waals surface area contributed by atoms with E-state index < -0.39 is 10.0 Å². The van der Waals surface area contributed by atoms with Crippen molar-refractivity contribution in [2.24, 2.45) is 0 Å². The number of nitrogens with one attached hydrogen (secondary N) is 2. The third-order valence-corrected chi connectivity index (χ3v) is 5.55. The number of methoxy groups -OCH3 is 1. The highest BCUT2D eigenvalue weighted by atomic mass is 32.2. The van der Waals surface area contributed by atoms with Gasteiger partial charge in [0.2, 0.25) is 10.0 Å². The molecule has 2 rings (SSSR count). The van der Waals surface area contributed by atoms with Gasteiger partial charge in [0.05, 0.1) is 18.0 Å². The fourth-order valence-corrected chi connectivity index (χ4v) is 3.88. The monoisotopic (exact) mass is 406 g/mol. The Balaban J connectivity index is 1.92. The molecule has 0 saturated heterocycles. The van der Waals surface area contributed by atoms with Crippen LogP contribution in [-0.4, -0.2) is 34.1 Å². The zero-order valence-electron chi connectivity index (χ0n) is 16.4. The van der Waals surface area contributed by atoms with Crippen molar-refractivity contribution >= 4 is 15.9 Å². The molecule has 1 amide bonds. The Labute approximate surface area is 166 Å². The molecule has 0 unspecified atom stereocenters. The van der Waals surface area contributed by atoms with Crippen molar-refractivity contribution in [2.75, 3.05) is 13.7 Å². The quantitative estimate of drug-likeness (QED) is 0.668. The Kier molecular flexibility index (Phi) is 7.42. The predicted octanol–water partition coefficient (Wildman–Crippen LogP) is 2.64. The lowest BCUT2D eigenvalue weighted by atomic mass is 10.1. The van der Waals surface area contributed by atoms with E-state index >= 15 is 0 Å². The molecule has 1 atom stereocenters. The van der Waals surface area contributed by atoms with Gasteiger partial charge >= 0.3 is 0 Å². The van der Waals surface area contributed by atoms with E-state index in [9.17, 15) is 13.2 Å². The van der Waals surface area contributed by atoms with E-state index in [0.29, 0.717) is 11.5 Å². The van der Waals surface area contributed by atoms with E-state index in [2.05, 4.69) is 10.0 Å². The zero-order valence-corrected chi connectivity index (χ0v) is 17.2. The molecule has 0 radical (unpaired) electrons. The number of carbonyl (C=O) groups is 1. The Morgan fingerprint density at radius 1 is 1.04 bits per heavy atom. The number of benzene rings is 2. The van der Waals surface area contributed by atoms with Crippen LogP contribution in [0.5, 0.6) is 11.5 Å². The highest BCUT2D eigenvalue weighted by Crippen LogP contribution is 2.24. The first-order valence-electron chi connectivity index (χ1n) is 8.90. The van der Waals surface area contributed by atoms with Gasteiger partial charge in [-0.3, -0.25) is 4.79 Å². The largest absolute Gasteiger partial charge is 0.496 e. The lowest BCUT2D eigenvalue weighted by Gasteiger charge is -2.17. The van der Waals surface area contributed by atoms with Gasteiger partial charge in [0.25, 0.3) is 5.91 Å². The summed E-state index contributed by atoms with van der Waals surface area (Å²) in [6, 6.07) is 12.9. The average molecular weight is 407 g/mol. The molecule has 0 bridgehead atoms. The summed E-state index contributed by atoms with van der Waals surface area (Å²) in [5, 5.41) is 2.85. The number of rotatable bonds is 9. The summed E-state index contributed by atoms with van der Waals surface area (Å²) in [5.74, 6) is 0.809. The van der Waals surface area contributed by atoms with Gasteiger partial charge in [-0.2, -0.15) is 0 Å². The lowest BCUT2D eigenvalue weighted by Crippen LogP contribution is -2.31. The molecule has 0 heterocycles. The van der Waals surface area contributed by atoms with E-state index in [-0.39, 0.29) is 29.5 Å². The summed E-state index contributed by atoms with van der Waals surface area (Å²) in [7, 11) is -1.98. The van der Waals surface area contributed by atoms with Crippen LogP contribution in [0.1, 0.15) is 32.4 Å². The first-order valence-corrected chi connectivity index (χ1v) is 10.4. The summed E-state index contributed by atoms with van der Waals surface area (Å²) in [6.07, 6.45) is 0. The topological polar surface area (TPSA) is 93.7 Å². The maximum atomic E-state index is 12.2. The maximum absolute atomic E-state index is 12.2. The standard InChI is InChI=1S/C20H26N2O5S/c1-14(2)22-28(24,25)17-11-9-16(10-12-17)27-13-20(23)21-15(3)18-7-5-6-8-19(18)26-4/h5-12,14-15,22H,13H2,1-4H3,(H,21,23)/t15-/m1/s1. The molecule has 8 heteroatoms. The first-order chi connectivity index (χ1) is 13.2. The SMILES string of the molecule is COc1ccccc1[C@@H](C)NC(=O)COc1ccc(S(=O)(=O)NC(C)C)cc1. The summed E-state index contributed by atoms with van der Waals surface area (Å²) >= 11 is 0. The fourth-order valence-electron chi connectivity index (χ4n) is 2.63. The highest BCUT2D eigenvalue weighted by molar-refractivity contribution is 7.89. The third-order valence-electron chi connectivity index (χ3n) is 3.88. The molecule has 0 spiro atoms. The van der Waals surface area contributed by atoms with Crippen molar-refractivity contribution in [3.63, 3.8) is 0 Å². The number of amides is 1. The second kappa shape index (κ2) is 9.57. The molecule has 2 aromatic carbocycles. The van der Waals surface area contributed by atoms with Gasteiger partial charge in [0.1, 0.15) is 11.5 Å². The van der Waals surface area contributed by atoms with Crippen LogP contribution in [0.3, 0.4) is 0 Å². The molecule has 7 nitrogen and oxygen atoms in total. The summed E-state index contributed by atoms with van der Waals surface area (Å²) in [5.41, 5.74) is 0.866. The van der Waals surface area contributed by atoms with Gasteiger partial charge < -0.3 is 14.8 Å². The molecule has 0 aliphatic carbocycles. The zero-order chi connectivity index (χ0) is 20.7. The first kappa shape index (κ1) is 21.7. The number of ether oxygens (including phenoxy) is 2. The van der Waals surface area contributed by atoms with Crippen LogP contribution in [0, 0.1) is 0 Å². The van der Waals surface area contributed by atoms with Gasteiger partial charge in [-0.1, -0.05) is 18.2 Å². The van der Waals surface area contributed by atoms with Crippen LogP contribution in [-0.2, 0) is 14.8 Å². The molecule has 2 aromatic rings. The minimum Gasteiger partial charge on any atom is -0.496 e. The van der Waals surface area contributed by atoms with Crippen molar-refractivity contribution in [3.05, 3.63) is 54.1 Å². The minimum atomic E-state index is -3.56. The summed E-state index contributed by atoms with van der Waals surface area (Å²) in [4.78, 5) is 12.3.